The van der Waals surface area contributed by atoms with Crippen molar-refractivity contribution in [1.29, 1.82) is 0 Å². The number of para-hydroxylation sites is 2. The van der Waals surface area contributed by atoms with Gasteiger partial charge in [-0.1, -0.05) is 23.7 Å². The number of hydrogen-bond donors (Lipinski definition) is 2. The van der Waals surface area contributed by atoms with Crippen LogP contribution in [0.2, 0.25) is 5.02 Å². The molecule has 0 aliphatic heterocycles. The van der Waals surface area contributed by atoms with E-state index in [0.717, 1.165) is 11.0 Å². The first-order valence-electron chi connectivity index (χ1n) is 5.74. The number of benzene rings is 2. The number of amides is 1. The fourth-order valence-electron chi connectivity index (χ4n) is 1.78. The standard InChI is InChI=1S/C14H10ClN3O/c15-9-5-7-10(8-6-9)16-14(19)13-17-11-3-1-2-4-12(11)18-13/h1-8H,(H,16,19)(H,17,18). The molecule has 0 radical (unpaired) electrons. The summed E-state index contributed by atoms with van der Waals surface area (Å²) in [5.74, 6) is 0.00896. The molecule has 19 heavy (non-hydrogen) atoms. The average Bonchev–Trinajstić information content (AvgIpc) is 2.85. The number of fused-ring (bicyclic) bond motifs is 1. The van der Waals surface area contributed by atoms with Crippen molar-refractivity contribution in [3.63, 3.8) is 0 Å². The molecule has 0 saturated carbocycles. The maximum Gasteiger partial charge on any atom is 0.291 e. The third-order valence-corrected chi connectivity index (χ3v) is 2.96. The minimum atomic E-state index is -0.279. The average molecular weight is 272 g/mol. The Bertz CT molecular complexity index is 701. The van der Waals surface area contributed by atoms with Crippen LogP contribution in [-0.4, -0.2) is 15.9 Å². The van der Waals surface area contributed by atoms with Crippen LogP contribution in [0, 0.1) is 0 Å². The van der Waals surface area contributed by atoms with Crippen LogP contribution in [0.1, 0.15) is 10.6 Å². The monoisotopic (exact) mass is 271 g/mol. The quantitative estimate of drug-likeness (QED) is 0.750. The minimum Gasteiger partial charge on any atom is -0.334 e. The van der Waals surface area contributed by atoms with Crippen LogP contribution in [0.3, 0.4) is 0 Å². The number of aromatic amines is 1. The number of hydrogen-bond acceptors (Lipinski definition) is 2. The van der Waals surface area contributed by atoms with Gasteiger partial charge in [0.2, 0.25) is 0 Å². The van der Waals surface area contributed by atoms with E-state index in [1.165, 1.54) is 0 Å². The molecule has 3 aromatic rings. The van der Waals surface area contributed by atoms with E-state index < -0.39 is 0 Å². The molecule has 0 spiro atoms. The van der Waals surface area contributed by atoms with E-state index in [-0.39, 0.29) is 11.7 Å². The second-order valence-corrected chi connectivity index (χ2v) is 4.50. The Morgan fingerprint density at radius 1 is 1.11 bits per heavy atom. The van der Waals surface area contributed by atoms with Crippen molar-refractivity contribution in [3.05, 3.63) is 59.4 Å². The summed E-state index contributed by atoms with van der Waals surface area (Å²) in [6.45, 7) is 0. The summed E-state index contributed by atoms with van der Waals surface area (Å²) in [6.07, 6.45) is 0. The number of anilines is 1. The van der Waals surface area contributed by atoms with Gasteiger partial charge in [0.25, 0.3) is 5.91 Å². The van der Waals surface area contributed by atoms with Gasteiger partial charge in [-0.05, 0) is 36.4 Å². The molecule has 5 heteroatoms. The second kappa shape index (κ2) is 4.74. The van der Waals surface area contributed by atoms with Gasteiger partial charge in [0.05, 0.1) is 11.0 Å². The fraction of sp³-hybridized carbons (Fsp3) is 0. The number of H-pyrrole nitrogens is 1. The lowest BCUT2D eigenvalue weighted by Crippen LogP contribution is -2.13. The number of aromatic nitrogens is 2. The first-order chi connectivity index (χ1) is 9.22. The number of carbonyl (C=O) groups excluding carboxylic acids is 1. The van der Waals surface area contributed by atoms with Crippen molar-refractivity contribution in [2.75, 3.05) is 5.32 Å². The Kier molecular flexibility index (Phi) is 2.93. The van der Waals surface area contributed by atoms with Gasteiger partial charge in [0, 0.05) is 10.7 Å². The molecule has 0 bridgehead atoms. The summed E-state index contributed by atoms with van der Waals surface area (Å²) in [6, 6.07) is 14.4. The van der Waals surface area contributed by atoms with E-state index in [0.29, 0.717) is 10.7 Å². The fourth-order valence-corrected chi connectivity index (χ4v) is 1.91. The van der Waals surface area contributed by atoms with Gasteiger partial charge < -0.3 is 10.3 Å². The van der Waals surface area contributed by atoms with Crippen LogP contribution in [0.4, 0.5) is 5.69 Å². The van der Waals surface area contributed by atoms with Crippen LogP contribution in [-0.2, 0) is 0 Å². The molecule has 0 saturated heterocycles. The van der Waals surface area contributed by atoms with Gasteiger partial charge in [0.15, 0.2) is 5.82 Å². The Balaban J connectivity index is 1.85. The highest BCUT2D eigenvalue weighted by molar-refractivity contribution is 6.30. The zero-order chi connectivity index (χ0) is 13.2. The number of imidazole rings is 1. The van der Waals surface area contributed by atoms with Crippen molar-refractivity contribution in [1.82, 2.24) is 9.97 Å². The van der Waals surface area contributed by atoms with Gasteiger partial charge in [-0.2, -0.15) is 0 Å². The normalized spacial score (nSPS) is 10.6. The molecule has 94 valence electrons. The molecule has 4 nitrogen and oxygen atoms in total. The molecule has 0 aliphatic rings. The van der Waals surface area contributed by atoms with E-state index in [9.17, 15) is 4.79 Å². The van der Waals surface area contributed by atoms with Crippen LogP contribution in [0.15, 0.2) is 48.5 Å². The van der Waals surface area contributed by atoms with E-state index in [1.807, 2.05) is 24.3 Å². The molecule has 0 fully saturated rings. The van der Waals surface area contributed by atoms with Crippen molar-refractivity contribution < 1.29 is 4.79 Å². The number of nitrogens with zero attached hydrogens (tertiary/aromatic N) is 1. The maximum atomic E-state index is 12.0. The van der Waals surface area contributed by atoms with Crippen molar-refractivity contribution in [2.24, 2.45) is 0 Å². The molecule has 2 aromatic carbocycles. The van der Waals surface area contributed by atoms with E-state index in [1.54, 1.807) is 24.3 Å². The number of nitrogens with one attached hydrogen (secondary N) is 2. The van der Waals surface area contributed by atoms with Crippen molar-refractivity contribution in [3.8, 4) is 0 Å². The Hall–Kier alpha value is -2.33. The Morgan fingerprint density at radius 2 is 1.84 bits per heavy atom. The van der Waals surface area contributed by atoms with Crippen LogP contribution >= 0.6 is 11.6 Å². The summed E-state index contributed by atoms with van der Waals surface area (Å²) in [7, 11) is 0. The molecule has 0 unspecified atom stereocenters. The summed E-state index contributed by atoms with van der Waals surface area (Å²) < 4.78 is 0. The van der Waals surface area contributed by atoms with Gasteiger partial charge in [0.1, 0.15) is 0 Å². The summed E-state index contributed by atoms with van der Waals surface area (Å²) in [5.41, 5.74) is 2.28. The molecule has 2 N–H and O–H groups in total. The first kappa shape index (κ1) is 11.7. The highest BCUT2D eigenvalue weighted by Gasteiger charge is 2.11. The molecule has 1 heterocycles. The molecule has 1 aromatic heterocycles. The largest absolute Gasteiger partial charge is 0.334 e. The van der Waals surface area contributed by atoms with Crippen LogP contribution < -0.4 is 5.32 Å². The van der Waals surface area contributed by atoms with Crippen molar-refractivity contribution >= 4 is 34.2 Å². The van der Waals surface area contributed by atoms with Gasteiger partial charge >= 0.3 is 0 Å². The molecule has 1 amide bonds. The highest BCUT2D eigenvalue weighted by atomic mass is 35.5. The summed E-state index contributed by atoms with van der Waals surface area (Å²) in [4.78, 5) is 19.2. The maximum absolute atomic E-state index is 12.0. The van der Waals surface area contributed by atoms with Gasteiger partial charge in [-0.3, -0.25) is 4.79 Å². The predicted octanol–water partition coefficient (Wildman–Crippen LogP) is 3.47. The minimum absolute atomic E-state index is 0.279. The van der Waals surface area contributed by atoms with Gasteiger partial charge in [-0.25, -0.2) is 4.98 Å². The lowest BCUT2D eigenvalue weighted by atomic mass is 10.3. The van der Waals surface area contributed by atoms with Gasteiger partial charge in [-0.15, -0.1) is 0 Å². The third-order valence-electron chi connectivity index (χ3n) is 2.71. The lowest BCUT2D eigenvalue weighted by Gasteiger charge is -2.02. The SMILES string of the molecule is O=C(Nc1ccc(Cl)cc1)c1nc2ccccc2[nH]1. The Labute approximate surface area is 114 Å². The van der Waals surface area contributed by atoms with Crippen molar-refractivity contribution in [2.45, 2.75) is 0 Å². The third kappa shape index (κ3) is 2.44. The molecule has 0 aliphatic carbocycles. The topological polar surface area (TPSA) is 57.8 Å². The zero-order valence-electron chi connectivity index (χ0n) is 9.85. The molecule has 3 rings (SSSR count). The first-order valence-corrected chi connectivity index (χ1v) is 6.12. The number of carbonyl (C=O) groups is 1. The number of rotatable bonds is 2. The van der Waals surface area contributed by atoms with Crippen LogP contribution in [0.5, 0.6) is 0 Å². The van der Waals surface area contributed by atoms with E-state index in [4.69, 9.17) is 11.6 Å². The molecule has 0 atom stereocenters. The summed E-state index contributed by atoms with van der Waals surface area (Å²) >= 11 is 5.79. The lowest BCUT2D eigenvalue weighted by molar-refractivity contribution is 0.101. The highest BCUT2D eigenvalue weighted by Crippen LogP contribution is 2.15. The second-order valence-electron chi connectivity index (χ2n) is 4.06. The zero-order valence-corrected chi connectivity index (χ0v) is 10.6. The van der Waals surface area contributed by atoms with Crippen LogP contribution in [0.25, 0.3) is 11.0 Å². The number of halogens is 1. The Morgan fingerprint density at radius 3 is 2.58 bits per heavy atom. The van der Waals surface area contributed by atoms with E-state index >= 15 is 0 Å². The van der Waals surface area contributed by atoms with E-state index in [2.05, 4.69) is 15.3 Å². The predicted molar refractivity (Wildman–Crippen MR) is 75.5 cm³/mol. The molecular weight excluding hydrogens is 262 g/mol. The summed E-state index contributed by atoms with van der Waals surface area (Å²) in [5, 5.41) is 3.38. The molecular formula is C14H10ClN3O. The smallest absolute Gasteiger partial charge is 0.291 e.